The van der Waals surface area contributed by atoms with E-state index >= 15 is 0 Å². The molecule has 0 spiro atoms. The molecule has 1 saturated heterocycles. The molecule has 0 aromatic carbocycles. The van der Waals surface area contributed by atoms with E-state index in [1.807, 2.05) is 19.1 Å². The number of fused-ring (bicyclic) bond motifs is 2. The van der Waals surface area contributed by atoms with E-state index < -0.39 is 17.8 Å². The molecule has 0 radical (unpaired) electrons. The fraction of sp³-hybridized carbons (Fsp3) is 0.733. The maximum absolute atomic E-state index is 12.8. The standard InChI is InChI=1S/C15H21NO4/c1-8-11(5-6-20-8)16(2)14(17)12-9-3-4-10(7-9)13(12)15(18)19/h3-4,8-13H,5-7H2,1-2H3,(H,18,19). The van der Waals surface area contributed by atoms with Crippen LogP contribution in [0.3, 0.4) is 0 Å². The van der Waals surface area contributed by atoms with E-state index in [4.69, 9.17) is 4.74 Å². The number of carboxylic acid groups (broad SMARTS) is 1. The number of carboxylic acids is 1. The maximum atomic E-state index is 12.8. The molecular weight excluding hydrogens is 258 g/mol. The van der Waals surface area contributed by atoms with E-state index in [1.54, 1.807) is 11.9 Å². The number of hydrogen-bond acceptors (Lipinski definition) is 3. The Balaban J connectivity index is 1.79. The van der Waals surface area contributed by atoms with Crippen molar-refractivity contribution in [3.05, 3.63) is 12.2 Å². The number of nitrogens with zero attached hydrogens (tertiary/aromatic N) is 1. The van der Waals surface area contributed by atoms with Crippen LogP contribution in [0.15, 0.2) is 12.2 Å². The van der Waals surface area contributed by atoms with Crippen LogP contribution in [0.2, 0.25) is 0 Å². The van der Waals surface area contributed by atoms with E-state index in [-0.39, 0.29) is 29.9 Å². The molecule has 3 aliphatic rings. The monoisotopic (exact) mass is 279 g/mol. The predicted octanol–water partition coefficient (Wildman–Crippen LogP) is 1.15. The molecule has 6 unspecified atom stereocenters. The highest BCUT2D eigenvalue weighted by molar-refractivity contribution is 5.87. The number of likely N-dealkylation sites (N-methyl/N-ethyl adjacent to an activating group) is 1. The second-order valence-corrected chi connectivity index (χ2v) is 6.22. The van der Waals surface area contributed by atoms with Gasteiger partial charge in [-0.05, 0) is 31.6 Å². The Bertz CT molecular complexity index is 461. The molecule has 5 nitrogen and oxygen atoms in total. The molecule has 0 aromatic heterocycles. The molecule has 5 heteroatoms. The van der Waals surface area contributed by atoms with Gasteiger partial charge >= 0.3 is 5.97 Å². The van der Waals surface area contributed by atoms with E-state index in [0.717, 1.165) is 12.8 Å². The molecule has 1 heterocycles. The van der Waals surface area contributed by atoms with Gasteiger partial charge in [0.25, 0.3) is 0 Å². The second-order valence-electron chi connectivity index (χ2n) is 6.22. The van der Waals surface area contributed by atoms with Gasteiger partial charge in [-0.25, -0.2) is 0 Å². The number of carbonyl (C=O) groups is 2. The van der Waals surface area contributed by atoms with Gasteiger partial charge in [-0.2, -0.15) is 0 Å². The van der Waals surface area contributed by atoms with Gasteiger partial charge in [-0.15, -0.1) is 0 Å². The Hall–Kier alpha value is -1.36. The fourth-order valence-corrected chi connectivity index (χ4v) is 4.12. The highest BCUT2D eigenvalue weighted by Gasteiger charge is 2.53. The minimum Gasteiger partial charge on any atom is -0.481 e. The van der Waals surface area contributed by atoms with Gasteiger partial charge in [-0.1, -0.05) is 12.2 Å². The predicted molar refractivity (Wildman–Crippen MR) is 71.9 cm³/mol. The number of amides is 1. The van der Waals surface area contributed by atoms with Crippen molar-refractivity contribution in [2.24, 2.45) is 23.7 Å². The molecule has 2 fully saturated rings. The second kappa shape index (κ2) is 4.88. The molecule has 110 valence electrons. The third-order valence-corrected chi connectivity index (χ3v) is 5.21. The molecule has 1 N–H and O–H groups in total. The number of carbonyl (C=O) groups excluding carboxylic acids is 1. The van der Waals surface area contributed by atoms with Crippen molar-refractivity contribution in [3.63, 3.8) is 0 Å². The summed E-state index contributed by atoms with van der Waals surface area (Å²) in [5, 5.41) is 9.42. The zero-order chi connectivity index (χ0) is 14.4. The quantitative estimate of drug-likeness (QED) is 0.787. The zero-order valence-corrected chi connectivity index (χ0v) is 11.9. The molecule has 2 aliphatic carbocycles. The van der Waals surface area contributed by atoms with Crippen LogP contribution < -0.4 is 0 Å². The van der Waals surface area contributed by atoms with Gasteiger partial charge in [0.2, 0.25) is 5.91 Å². The third kappa shape index (κ3) is 1.95. The smallest absolute Gasteiger partial charge is 0.307 e. The summed E-state index contributed by atoms with van der Waals surface area (Å²) in [5.41, 5.74) is 0. The first-order chi connectivity index (χ1) is 9.50. The molecule has 1 amide bonds. The first kappa shape index (κ1) is 13.6. The molecule has 1 saturated carbocycles. The number of allylic oxidation sites excluding steroid dienone is 2. The van der Waals surface area contributed by atoms with Crippen molar-refractivity contribution in [1.29, 1.82) is 0 Å². The van der Waals surface area contributed by atoms with Crippen molar-refractivity contribution in [2.75, 3.05) is 13.7 Å². The normalized spacial score (nSPS) is 42.1. The molecule has 20 heavy (non-hydrogen) atoms. The van der Waals surface area contributed by atoms with Gasteiger partial charge in [0.05, 0.1) is 24.0 Å². The molecule has 0 aromatic rings. The highest BCUT2D eigenvalue weighted by atomic mass is 16.5. The lowest BCUT2D eigenvalue weighted by Crippen LogP contribution is -2.47. The Morgan fingerprint density at radius 1 is 1.25 bits per heavy atom. The van der Waals surface area contributed by atoms with Gasteiger partial charge in [0, 0.05) is 13.7 Å². The highest BCUT2D eigenvalue weighted by Crippen LogP contribution is 2.49. The Kier molecular flexibility index (Phi) is 3.32. The SMILES string of the molecule is CC1OCCC1N(C)C(=O)C1C2C=CC(C2)C1C(=O)O. The minimum absolute atomic E-state index is 0.0251. The summed E-state index contributed by atoms with van der Waals surface area (Å²) in [4.78, 5) is 26.0. The van der Waals surface area contributed by atoms with Crippen molar-refractivity contribution in [3.8, 4) is 0 Å². The lowest BCUT2D eigenvalue weighted by molar-refractivity contribution is -0.151. The summed E-state index contributed by atoms with van der Waals surface area (Å²) in [6.45, 7) is 2.64. The molecular formula is C15H21NO4. The Morgan fingerprint density at radius 2 is 1.90 bits per heavy atom. The van der Waals surface area contributed by atoms with E-state index in [9.17, 15) is 14.7 Å². The van der Waals surface area contributed by atoms with Gasteiger partial charge < -0.3 is 14.7 Å². The number of aliphatic carboxylic acids is 1. The molecule has 3 rings (SSSR count). The lowest BCUT2D eigenvalue weighted by atomic mass is 9.82. The summed E-state index contributed by atoms with van der Waals surface area (Å²) in [6.07, 6.45) is 5.65. The van der Waals surface area contributed by atoms with Crippen molar-refractivity contribution in [2.45, 2.75) is 31.9 Å². The first-order valence-corrected chi connectivity index (χ1v) is 7.30. The van der Waals surface area contributed by atoms with E-state index in [1.165, 1.54) is 0 Å². The van der Waals surface area contributed by atoms with Crippen LogP contribution in [-0.2, 0) is 14.3 Å². The molecule has 2 bridgehead atoms. The van der Waals surface area contributed by atoms with Crippen LogP contribution in [-0.4, -0.2) is 47.7 Å². The number of ether oxygens (including phenoxy) is 1. The number of rotatable bonds is 3. The molecule has 1 aliphatic heterocycles. The topological polar surface area (TPSA) is 66.8 Å². The van der Waals surface area contributed by atoms with E-state index in [2.05, 4.69) is 0 Å². The van der Waals surface area contributed by atoms with Gasteiger partial charge in [0.1, 0.15) is 0 Å². The summed E-state index contributed by atoms with van der Waals surface area (Å²) in [7, 11) is 1.78. The van der Waals surface area contributed by atoms with Crippen LogP contribution in [0.5, 0.6) is 0 Å². The van der Waals surface area contributed by atoms with Crippen LogP contribution in [0.1, 0.15) is 19.8 Å². The fourth-order valence-electron chi connectivity index (χ4n) is 4.12. The maximum Gasteiger partial charge on any atom is 0.307 e. The average molecular weight is 279 g/mol. The van der Waals surface area contributed by atoms with Crippen LogP contribution in [0.4, 0.5) is 0 Å². The summed E-state index contributed by atoms with van der Waals surface area (Å²) in [6, 6.07) is 0.0695. The number of hydrogen-bond donors (Lipinski definition) is 1. The largest absolute Gasteiger partial charge is 0.481 e. The van der Waals surface area contributed by atoms with Crippen LogP contribution >= 0.6 is 0 Å². The average Bonchev–Trinajstić information content (AvgIpc) is 3.10. The van der Waals surface area contributed by atoms with Gasteiger partial charge in [0.15, 0.2) is 0 Å². The van der Waals surface area contributed by atoms with Gasteiger partial charge in [-0.3, -0.25) is 9.59 Å². The van der Waals surface area contributed by atoms with Crippen molar-refractivity contribution in [1.82, 2.24) is 4.90 Å². The Labute approximate surface area is 118 Å². The summed E-state index contributed by atoms with van der Waals surface area (Å²) in [5.74, 6) is -1.72. The third-order valence-electron chi connectivity index (χ3n) is 5.21. The minimum atomic E-state index is -0.843. The van der Waals surface area contributed by atoms with E-state index in [0.29, 0.717) is 6.61 Å². The Morgan fingerprint density at radius 3 is 2.45 bits per heavy atom. The van der Waals surface area contributed by atoms with Crippen molar-refractivity contribution < 1.29 is 19.4 Å². The lowest BCUT2D eigenvalue weighted by Gasteiger charge is -2.33. The van der Waals surface area contributed by atoms with Crippen LogP contribution in [0.25, 0.3) is 0 Å². The first-order valence-electron chi connectivity index (χ1n) is 7.30. The van der Waals surface area contributed by atoms with Crippen LogP contribution in [0, 0.1) is 23.7 Å². The zero-order valence-electron chi connectivity index (χ0n) is 11.9. The summed E-state index contributed by atoms with van der Waals surface area (Å²) >= 11 is 0. The molecule has 6 atom stereocenters. The van der Waals surface area contributed by atoms with Crippen molar-refractivity contribution >= 4 is 11.9 Å². The summed E-state index contributed by atoms with van der Waals surface area (Å²) < 4.78 is 5.51.